The van der Waals surface area contributed by atoms with Crippen molar-refractivity contribution in [3.63, 3.8) is 0 Å². The van der Waals surface area contributed by atoms with Crippen molar-refractivity contribution in [1.29, 1.82) is 0 Å². The molecular weight excluding hydrogens is 469 g/mol. The number of hydrogen-bond acceptors (Lipinski definition) is 4. The molecule has 4 aromatic rings. The monoisotopic (exact) mass is 483 g/mol. The van der Waals surface area contributed by atoms with Crippen molar-refractivity contribution in [2.24, 2.45) is 0 Å². The molecule has 0 saturated carbocycles. The summed E-state index contributed by atoms with van der Waals surface area (Å²) in [4.78, 5) is 21.6. The van der Waals surface area contributed by atoms with Crippen molar-refractivity contribution in [2.75, 3.05) is 5.32 Å². The highest BCUT2D eigenvalue weighted by Crippen LogP contribution is 2.29. The van der Waals surface area contributed by atoms with Gasteiger partial charge < -0.3 is 5.32 Å². The largest absolute Gasteiger partial charge is 0.322 e. The summed E-state index contributed by atoms with van der Waals surface area (Å²) in [5.41, 5.74) is 4.08. The minimum Gasteiger partial charge on any atom is -0.322 e. The van der Waals surface area contributed by atoms with E-state index in [2.05, 4.69) is 37.9 Å². The van der Waals surface area contributed by atoms with E-state index < -0.39 is 0 Å². The average molecular weight is 483 g/mol. The van der Waals surface area contributed by atoms with E-state index in [9.17, 15) is 4.79 Å². The van der Waals surface area contributed by atoms with Gasteiger partial charge in [-0.25, -0.2) is 4.98 Å². The Balaban J connectivity index is 1.57. The van der Waals surface area contributed by atoms with Crippen molar-refractivity contribution >= 4 is 45.5 Å². The van der Waals surface area contributed by atoms with Gasteiger partial charge in [-0.15, -0.1) is 11.3 Å². The highest BCUT2D eigenvalue weighted by molar-refractivity contribution is 14.1. The SMILES string of the molecule is O=C(Nc1cccc(-c2csc(-c3ccccn3)n2)c1)c1ccccc1I. The summed E-state index contributed by atoms with van der Waals surface area (Å²) in [6.07, 6.45) is 1.76. The Kier molecular flexibility index (Phi) is 5.26. The summed E-state index contributed by atoms with van der Waals surface area (Å²) >= 11 is 3.72. The van der Waals surface area contributed by atoms with Crippen molar-refractivity contribution in [2.45, 2.75) is 0 Å². The van der Waals surface area contributed by atoms with E-state index in [1.54, 1.807) is 17.5 Å². The summed E-state index contributed by atoms with van der Waals surface area (Å²) in [6.45, 7) is 0. The summed E-state index contributed by atoms with van der Waals surface area (Å²) in [5.74, 6) is -0.121. The van der Waals surface area contributed by atoms with Crippen LogP contribution in [0.5, 0.6) is 0 Å². The van der Waals surface area contributed by atoms with E-state index in [1.807, 2.05) is 72.1 Å². The minimum absolute atomic E-state index is 0.121. The number of thiazole rings is 1. The Bertz CT molecular complexity index is 1100. The van der Waals surface area contributed by atoms with E-state index in [0.717, 1.165) is 31.2 Å². The third-order valence-electron chi connectivity index (χ3n) is 3.92. The second kappa shape index (κ2) is 7.98. The van der Waals surface area contributed by atoms with Gasteiger partial charge in [0.1, 0.15) is 5.01 Å². The van der Waals surface area contributed by atoms with E-state index in [-0.39, 0.29) is 5.91 Å². The van der Waals surface area contributed by atoms with Gasteiger partial charge >= 0.3 is 0 Å². The number of pyridine rings is 1. The molecule has 6 heteroatoms. The summed E-state index contributed by atoms with van der Waals surface area (Å²) < 4.78 is 0.920. The molecule has 2 aromatic carbocycles. The molecule has 4 nitrogen and oxygen atoms in total. The summed E-state index contributed by atoms with van der Waals surface area (Å²) in [5, 5.41) is 5.85. The van der Waals surface area contributed by atoms with E-state index >= 15 is 0 Å². The maximum atomic E-state index is 12.5. The summed E-state index contributed by atoms with van der Waals surface area (Å²) in [6, 6.07) is 21.0. The molecule has 4 rings (SSSR count). The van der Waals surface area contributed by atoms with E-state index in [1.165, 1.54) is 0 Å². The standard InChI is InChI=1S/C21H14IN3OS/c22-17-9-2-1-8-16(17)20(26)24-15-7-5-6-14(12-15)19-13-27-21(25-19)18-10-3-4-11-23-18/h1-13H,(H,24,26). The first kappa shape index (κ1) is 17.8. The van der Waals surface area contributed by atoms with Crippen LogP contribution in [0.4, 0.5) is 5.69 Å². The fourth-order valence-corrected chi connectivity index (χ4v) is 4.05. The van der Waals surface area contributed by atoms with Crippen LogP contribution in [0.25, 0.3) is 22.0 Å². The van der Waals surface area contributed by atoms with Crippen LogP contribution in [0.2, 0.25) is 0 Å². The van der Waals surface area contributed by atoms with Gasteiger partial charge in [0, 0.05) is 26.4 Å². The molecule has 0 bridgehead atoms. The fourth-order valence-electron chi connectivity index (χ4n) is 2.61. The van der Waals surface area contributed by atoms with E-state index in [0.29, 0.717) is 5.56 Å². The number of hydrogen-bond donors (Lipinski definition) is 1. The lowest BCUT2D eigenvalue weighted by Crippen LogP contribution is -2.13. The molecule has 0 saturated heterocycles. The van der Waals surface area contributed by atoms with Crippen LogP contribution in [-0.4, -0.2) is 15.9 Å². The number of nitrogens with zero attached hydrogens (tertiary/aromatic N) is 2. The van der Waals surface area contributed by atoms with E-state index in [4.69, 9.17) is 0 Å². The van der Waals surface area contributed by atoms with Gasteiger partial charge in [-0.05, 0) is 59.0 Å². The molecule has 0 atom stereocenters. The summed E-state index contributed by atoms with van der Waals surface area (Å²) in [7, 11) is 0. The highest BCUT2D eigenvalue weighted by atomic mass is 127. The first-order valence-corrected chi connectivity index (χ1v) is 10.2. The van der Waals surface area contributed by atoms with Gasteiger partial charge in [0.25, 0.3) is 5.91 Å². The van der Waals surface area contributed by atoms with Crippen molar-refractivity contribution in [1.82, 2.24) is 9.97 Å². The third-order valence-corrected chi connectivity index (χ3v) is 5.73. The Hall–Kier alpha value is -2.58. The zero-order chi connectivity index (χ0) is 18.6. The number of nitrogens with one attached hydrogen (secondary N) is 1. The number of aromatic nitrogens is 2. The smallest absolute Gasteiger partial charge is 0.256 e. The maximum absolute atomic E-state index is 12.5. The highest BCUT2D eigenvalue weighted by Gasteiger charge is 2.11. The normalized spacial score (nSPS) is 10.6. The fraction of sp³-hybridized carbons (Fsp3) is 0. The number of carbonyl (C=O) groups is 1. The van der Waals surface area contributed by atoms with Crippen molar-refractivity contribution in [3.8, 4) is 22.0 Å². The van der Waals surface area contributed by atoms with Crippen LogP contribution < -0.4 is 5.32 Å². The zero-order valence-electron chi connectivity index (χ0n) is 14.1. The zero-order valence-corrected chi connectivity index (χ0v) is 17.1. The number of anilines is 1. The van der Waals surface area contributed by atoms with Crippen LogP contribution in [0.15, 0.2) is 78.3 Å². The predicted molar refractivity (Wildman–Crippen MR) is 118 cm³/mol. The second-order valence-electron chi connectivity index (χ2n) is 5.77. The first-order valence-electron chi connectivity index (χ1n) is 8.24. The molecule has 1 N–H and O–H groups in total. The number of benzene rings is 2. The predicted octanol–water partition coefficient (Wildman–Crippen LogP) is 5.73. The molecule has 2 heterocycles. The molecule has 0 aliphatic carbocycles. The number of amides is 1. The minimum atomic E-state index is -0.121. The quantitative estimate of drug-likeness (QED) is 0.378. The molecule has 132 valence electrons. The number of rotatable bonds is 4. The molecule has 2 aromatic heterocycles. The van der Waals surface area contributed by atoms with Crippen LogP contribution in [0, 0.1) is 3.57 Å². The number of carbonyl (C=O) groups excluding carboxylic acids is 1. The molecule has 27 heavy (non-hydrogen) atoms. The second-order valence-corrected chi connectivity index (χ2v) is 7.79. The topological polar surface area (TPSA) is 54.9 Å². The Labute approximate surface area is 174 Å². The van der Waals surface area contributed by atoms with Gasteiger partial charge in [-0.3, -0.25) is 9.78 Å². The van der Waals surface area contributed by atoms with Crippen LogP contribution in [0.1, 0.15) is 10.4 Å². The molecule has 0 spiro atoms. The maximum Gasteiger partial charge on any atom is 0.256 e. The lowest BCUT2D eigenvalue weighted by Gasteiger charge is -2.08. The molecule has 0 fully saturated rings. The molecule has 0 aliphatic rings. The molecule has 1 amide bonds. The Morgan fingerprint density at radius 3 is 2.63 bits per heavy atom. The Morgan fingerprint density at radius 2 is 1.81 bits per heavy atom. The molecule has 0 aliphatic heterocycles. The lowest BCUT2D eigenvalue weighted by atomic mass is 10.1. The van der Waals surface area contributed by atoms with Crippen molar-refractivity contribution < 1.29 is 4.79 Å². The molecular formula is C21H14IN3OS. The van der Waals surface area contributed by atoms with Crippen LogP contribution in [0.3, 0.4) is 0 Å². The Morgan fingerprint density at radius 1 is 0.963 bits per heavy atom. The third kappa shape index (κ3) is 4.06. The molecule has 0 unspecified atom stereocenters. The van der Waals surface area contributed by atoms with Crippen LogP contribution >= 0.6 is 33.9 Å². The first-order chi connectivity index (χ1) is 13.2. The lowest BCUT2D eigenvalue weighted by molar-refractivity contribution is 0.102. The van der Waals surface area contributed by atoms with Gasteiger partial charge in [0.05, 0.1) is 17.0 Å². The van der Waals surface area contributed by atoms with Gasteiger partial charge in [-0.1, -0.05) is 30.3 Å². The van der Waals surface area contributed by atoms with Gasteiger partial charge in [0.2, 0.25) is 0 Å². The number of halogens is 1. The molecule has 0 radical (unpaired) electrons. The van der Waals surface area contributed by atoms with Gasteiger partial charge in [-0.2, -0.15) is 0 Å². The van der Waals surface area contributed by atoms with Gasteiger partial charge in [0.15, 0.2) is 0 Å². The van der Waals surface area contributed by atoms with Crippen molar-refractivity contribution in [3.05, 3.63) is 87.4 Å². The van der Waals surface area contributed by atoms with Crippen LogP contribution in [-0.2, 0) is 0 Å². The average Bonchev–Trinajstić information content (AvgIpc) is 3.19.